The summed E-state index contributed by atoms with van der Waals surface area (Å²) in [5.74, 6) is -0.979. The Morgan fingerprint density at radius 2 is 1.83 bits per heavy atom. The van der Waals surface area contributed by atoms with Crippen LogP contribution in [0.15, 0.2) is 0 Å². The van der Waals surface area contributed by atoms with Gasteiger partial charge in [-0.25, -0.2) is 4.39 Å². The fourth-order valence-corrected chi connectivity index (χ4v) is 2.04. The van der Waals surface area contributed by atoms with Crippen molar-refractivity contribution in [1.29, 1.82) is 0 Å². The summed E-state index contributed by atoms with van der Waals surface area (Å²) in [7, 11) is 0. The van der Waals surface area contributed by atoms with Gasteiger partial charge in [0.05, 0.1) is 0 Å². The lowest BCUT2D eigenvalue weighted by atomic mass is 9.73. The smallest absolute Gasteiger partial charge is 0.312 e. The Morgan fingerprint density at radius 3 is 2.00 bits per heavy atom. The van der Waals surface area contributed by atoms with Crippen LogP contribution in [-0.4, -0.2) is 16.7 Å². The second-order valence-electron chi connectivity index (χ2n) is 4.07. The van der Waals surface area contributed by atoms with Crippen molar-refractivity contribution in [1.82, 2.24) is 0 Å². The molecule has 0 amide bonds. The molecule has 0 aromatic carbocycles. The van der Waals surface area contributed by atoms with Gasteiger partial charge in [0.25, 0.3) is 0 Å². The van der Waals surface area contributed by atoms with Crippen molar-refractivity contribution in [3.8, 4) is 0 Å². The second kappa shape index (κ2) is 2.71. The maximum atomic E-state index is 13.6. The van der Waals surface area contributed by atoms with Crippen LogP contribution < -0.4 is 0 Å². The van der Waals surface area contributed by atoms with E-state index in [1.807, 2.05) is 0 Å². The van der Waals surface area contributed by atoms with Gasteiger partial charge in [-0.05, 0) is 26.7 Å². The maximum absolute atomic E-state index is 13.6. The minimum atomic E-state index is -1.60. The summed E-state index contributed by atoms with van der Waals surface area (Å²) in [4.78, 5) is 10.9. The molecular weight excluding hydrogens is 159 g/mol. The van der Waals surface area contributed by atoms with Gasteiger partial charge in [0.15, 0.2) is 0 Å². The number of carboxylic acid groups (broad SMARTS) is 1. The molecule has 0 bridgehead atoms. The van der Waals surface area contributed by atoms with Crippen LogP contribution >= 0.6 is 0 Å². The lowest BCUT2D eigenvalue weighted by Gasteiger charge is -2.33. The zero-order valence-electron chi connectivity index (χ0n) is 7.56. The van der Waals surface area contributed by atoms with E-state index in [0.717, 1.165) is 12.8 Å². The molecule has 70 valence electrons. The van der Waals surface area contributed by atoms with Crippen molar-refractivity contribution in [3.63, 3.8) is 0 Å². The molecule has 0 aromatic heterocycles. The van der Waals surface area contributed by atoms with E-state index in [0.29, 0.717) is 12.8 Å². The minimum absolute atomic E-state index is 0.478. The Bertz CT molecular complexity index is 187. The molecule has 12 heavy (non-hydrogen) atoms. The van der Waals surface area contributed by atoms with E-state index in [2.05, 4.69) is 0 Å². The van der Waals surface area contributed by atoms with Crippen LogP contribution in [0.2, 0.25) is 0 Å². The number of carboxylic acids is 1. The van der Waals surface area contributed by atoms with Gasteiger partial charge in [-0.3, -0.25) is 4.79 Å². The molecule has 1 rings (SSSR count). The number of aliphatic carboxylic acids is 1. The van der Waals surface area contributed by atoms with Gasteiger partial charge in [-0.1, -0.05) is 12.8 Å². The fourth-order valence-electron chi connectivity index (χ4n) is 2.04. The number of carbonyl (C=O) groups is 1. The van der Waals surface area contributed by atoms with Crippen LogP contribution in [0.3, 0.4) is 0 Å². The molecule has 1 saturated carbocycles. The molecule has 2 nitrogen and oxygen atoms in total. The molecule has 0 unspecified atom stereocenters. The molecule has 0 saturated heterocycles. The fraction of sp³-hybridized carbons (Fsp3) is 0.889. The average molecular weight is 174 g/mol. The van der Waals surface area contributed by atoms with E-state index in [1.165, 1.54) is 13.8 Å². The molecule has 0 heterocycles. The molecule has 0 aromatic rings. The molecule has 0 atom stereocenters. The first-order valence-electron chi connectivity index (χ1n) is 4.32. The normalized spacial score (nSPS) is 22.6. The summed E-state index contributed by atoms with van der Waals surface area (Å²) in [6, 6.07) is 0. The molecule has 0 aliphatic heterocycles. The Kier molecular flexibility index (Phi) is 2.15. The highest BCUT2D eigenvalue weighted by Gasteiger charge is 2.53. The Balaban J connectivity index is 2.94. The SMILES string of the molecule is CC(C)(F)C1(C(=O)O)CCCC1. The number of hydrogen-bond acceptors (Lipinski definition) is 1. The Morgan fingerprint density at radius 1 is 1.42 bits per heavy atom. The molecule has 0 spiro atoms. The van der Waals surface area contributed by atoms with E-state index < -0.39 is 17.1 Å². The standard InChI is InChI=1S/C9H15FO2/c1-8(2,10)9(7(11)12)5-3-4-6-9/h3-6H2,1-2H3,(H,11,12). The first-order chi connectivity index (χ1) is 5.40. The highest BCUT2D eigenvalue weighted by Crippen LogP contribution is 2.48. The van der Waals surface area contributed by atoms with Crippen LogP contribution in [0.5, 0.6) is 0 Å². The predicted molar refractivity (Wildman–Crippen MR) is 43.7 cm³/mol. The van der Waals surface area contributed by atoms with Crippen LogP contribution in [-0.2, 0) is 4.79 Å². The van der Waals surface area contributed by atoms with Crippen molar-refractivity contribution in [2.24, 2.45) is 5.41 Å². The first kappa shape index (κ1) is 9.49. The van der Waals surface area contributed by atoms with Crippen LogP contribution in [0.4, 0.5) is 4.39 Å². The summed E-state index contributed by atoms with van der Waals surface area (Å²) in [5.41, 5.74) is -2.72. The van der Waals surface area contributed by atoms with Gasteiger partial charge in [-0.15, -0.1) is 0 Å². The summed E-state index contributed by atoms with van der Waals surface area (Å²) in [6.07, 6.45) is 2.62. The van der Waals surface area contributed by atoms with Crippen molar-refractivity contribution in [2.75, 3.05) is 0 Å². The summed E-state index contributed by atoms with van der Waals surface area (Å²) in [6.45, 7) is 2.74. The molecule has 1 N–H and O–H groups in total. The van der Waals surface area contributed by atoms with Crippen LogP contribution in [0, 0.1) is 5.41 Å². The summed E-state index contributed by atoms with van der Waals surface area (Å²) < 4.78 is 13.6. The van der Waals surface area contributed by atoms with E-state index >= 15 is 0 Å². The predicted octanol–water partition coefficient (Wildman–Crippen LogP) is 2.38. The van der Waals surface area contributed by atoms with Gasteiger partial charge >= 0.3 is 5.97 Å². The molecular formula is C9H15FO2. The number of hydrogen-bond donors (Lipinski definition) is 1. The number of halogens is 1. The average Bonchev–Trinajstić information content (AvgIpc) is 2.31. The summed E-state index contributed by atoms with van der Waals surface area (Å²) >= 11 is 0. The van der Waals surface area contributed by atoms with Gasteiger partial charge in [0.2, 0.25) is 0 Å². The first-order valence-corrected chi connectivity index (χ1v) is 4.32. The van der Waals surface area contributed by atoms with Crippen molar-refractivity contribution >= 4 is 5.97 Å². The Hall–Kier alpha value is -0.600. The Labute approximate surface area is 71.8 Å². The molecule has 1 aliphatic carbocycles. The maximum Gasteiger partial charge on any atom is 0.312 e. The molecule has 0 radical (unpaired) electrons. The molecule has 1 aliphatic rings. The minimum Gasteiger partial charge on any atom is -0.481 e. The van der Waals surface area contributed by atoms with Gasteiger partial charge in [0, 0.05) is 0 Å². The van der Waals surface area contributed by atoms with Crippen molar-refractivity contribution in [3.05, 3.63) is 0 Å². The van der Waals surface area contributed by atoms with Gasteiger partial charge in [-0.2, -0.15) is 0 Å². The van der Waals surface area contributed by atoms with E-state index in [1.54, 1.807) is 0 Å². The third kappa shape index (κ3) is 1.21. The highest BCUT2D eigenvalue weighted by atomic mass is 19.1. The van der Waals surface area contributed by atoms with Gasteiger partial charge < -0.3 is 5.11 Å². The monoisotopic (exact) mass is 174 g/mol. The number of rotatable bonds is 2. The largest absolute Gasteiger partial charge is 0.481 e. The lowest BCUT2D eigenvalue weighted by molar-refractivity contribution is -0.157. The third-order valence-corrected chi connectivity index (χ3v) is 3.00. The lowest BCUT2D eigenvalue weighted by Crippen LogP contribution is -2.44. The van der Waals surface area contributed by atoms with Crippen molar-refractivity contribution < 1.29 is 14.3 Å². The quantitative estimate of drug-likeness (QED) is 0.697. The topological polar surface area (TPSA) is 37.3 Å². The van der Waals surface area contributed by atoms with Crippen LogP contribution in [0.25, 0.3) is 0 Å². The summed E-state index contributed by atoms with van der Waals surface area (Å²) in [5, 5.41) is 8.96. The zero-order valence-corrected chi connectivity index (χ0v) is 7.56. The van der Waals surface area contributed by atoms with Gasteiger partial charge in [0.1, 0.15) is 11.1 Å². The van der Waals surface area contributed by atoms with E-state index in [4.69, 9.17) is 5.11 Å². The van der Waals surface area contributed by atoms with E-state index in [9.17, 15) is 9.18 Å². The number of alkyl halides is 1. The third-order valence-electron chi connectivity index (χ3n) is 3.00. The second-order valence-corrected chi connectivity index (χ2v) is 4.07. The van der Waals surface area contributed by atoms with Crippen LogP contribution in [0.1, 0.15) is 39.5 Å². The molecule has 1 fully saturated rings. The zero-order chi connectivity index (χ0) is 9.41. The van der Waals surface area contributed by atoms with E-state index in [-0.39, 0.29) is 0 Å². The van der Waals surface area contributed by atoms with Crippen molar-refractivity contribution in [2.45, 2.75) is 45.2 Å². The highest BCUT2D eigenvalue weighted by molar-refractivity contribution is 5.76. The molecule has 3 heteroatoms.